The monoisotopic (exact) mass is 277 g/mol. The van der Waals surface area contributed by atoms with Crippen LogP contribution in [0.4, 0.5) is 8.78 Å². The third-order valence-electron chi connectivity index (χ3n) is 2.24. The Kier molecular flexibility index (Phi) is 5.84. The van der Waals surface area contributed by atoms with Crippen LogP contribution in [0.2, 0.25) is 0 Å². The van der Waals surface area contributed by atoms with Gasteiger partial charge in [-0.15, -0.1) is 0 Å². The van der Waals surface area contributed by atoms with Crippen molar-refractivity contribution in [3.05, 3.63) is 29.8 Å². The summed E-state index contributed by atoms with van der Waals surface area (Å²) < 4.78 is 37.8. The third kappa shape index (κ3) is 4.80. The SMILES string of the molecule is CC(C)NCC(O)CS(=O)c1ccc(F)cc1F. The van der Waals surface area contributed by atoms with E-state index in [4.69, 9.17) is 0 Å². The molecule has 0 aliphatic rings. The fraction of sp³-hybridized carbons (Fsp3) is 0.500. The van der Waals surface area contributed by atoms with Gasteiger partial charge in [0, 0.05) is 18.7 Å². The molecule has 6 heteroatoms. The second-order valence-electron chi connectivity index (χ2n) is 4.30. The van der Waals surface area contributed by atoms with E-state index in [1.807, 2.05) is 13.8 Å². The van der Waals surface area contributed by atoms with Gasteiger partial charge >= 0.3 is 0 Å². The van der Waals surface area contributed by atoms with Crippen LogP contribution in [0.15, 0.2) is 23.1 Å². The van der Waals surface area contributed by atoms with Crippen LogP contribution in [0.1, 0.15) is 13.8 Å². The van der Waals surface area contributed by atoms with E-state index in [9.17, 15) is 18.1 Å². The van der Waals surface area contributed by atoms with Gasteiger partial charge in [-0.05, 0) is 12.1 Å². The number of nitrogens with one attached hydrogen (secondary N) is 1. The largest absolute Gasteiger partial charge is 0.391 e. The molecule has 18 heavy (non-hydrogen) atoms. The molecule has 2 atom stereocenters. The lowest BCUT2D eigenvalue weighted by atomic mass is 10.3. The van der Waals surface area contributed by atoms with Gasteiger partial charge in [0.2, 0.25) is 0 Å². The second kappa shape index (κ2) is 6.92. The molecule has 0 aliphatic heterocycles. The van der Waals surface area contributed by atoms with E-state index in [2.05, 4.69) is 5.32 Å². The molecule has 1 aromatic rings. The van der Waals surface area contributed by atoms with Crippen LogP contribution in [0.5, 0.6) is 0 Å². The maximum absolute atomic E-state index is 13.3. The van der Waals surface area contributed by atoms with E-state index in [0.29, 0.717) is 6.07 Å². The first-order chi connectivity index (χ1) is 8.40. The lowest BCUT2D eigenvalue weighted by Crippen LogP contribution is -2.34. The minimum atomic E-state index is -1.68. The topological polar surface area (TPSA) is 49.3 Å². The van der Waals surface area contributed by atoms with Gasteiger partial charge in [0.1, 0.15) is 11.6 Å². The van der Waals surface area contributed by atoms with Gasteiger partial charge in [-0.3, -0.25) is 4.21 Å². The molecule has 0 amide bonds. The molecule has 0 fully saturated rings. The highest BCUT2D eigenvalue weighted by Crippen LogP contribution is 2.14. The molecule has 3 nitrogen and oxygen atoms in total. The minimum absolute atomic E-state index is 0.0811. The summed E-state index contributed by atoms with van der Waals surface area (Å²) in [6.45, 7) is 4.12. The first kappa shape index (κ1) is 15.2. The Bertz CT molecular complexity index is 427. The normalized spacial score (nSPS) is 14.8. The molecule has 0 aromatic heterocycles. The first-order valence-corrected chi connectivity index (χ1v) is 6.97. The van der Waals surface area contributed by atoms with Gasteiger partial charge < -0.3 is 10.4 Å². The summed E-state index contributed by atoms with van der Waals surface area (Å²) in [6, 6.07) is 3.08. The van der Waals surface area contributed by atoms with Crippen LogP contribution in [-0.4, -0.2) is 33.8 Å². The highest BCUT2D eigenvalue weighted by Gasteiger charge is 2.15. The zero-order chi connectivity index (χ0) is 13.7. The number of hydrogen-bond acceptors (Lipinski definition) is 3. The summed E-state index contributed by atoms with van der Waals surface area (Å²) in [5, 5.41) is 12.6. The molecule has 0 saturated carbocycles. The van der Waals surface area contributed by atoms with Crippen molar-refractivity contribution < 1.29 is 18.1 Å². The van der Waals surface area contributed by atoms with Crippen molar-refractivity contribution in [3.63, 3.8) is 0 Å². The van der Waals surface area contributed by atoms with Crippen molar-refractivity contribution in [2.45, 2.75) is 30.9 Å². The number of halogens is 2. The van der Waals surface area contributed by atoms with Crippen molar-refractivity contribution in [1.82, 2.24) is 5.32 Å². The fourth-order valence-electron chi connectivity index (χ4n) is 1.36. The molecule has 0 heterocycles. The van der Waals surface area contributed by atoms with Crippen molar-refractivity contribution in [3.8, 4) is 0 Å². The molecular weight excluding hydrogens is 260 g/mol. The number of aliphatic hydroxyl groups excluding tert-OH is 1. The lowest BCUT2D eigenvalue weighted by molar-refractivity contribution is 0.191. The number of benzene rings is 1. The zero-order valence-corrected chi connectivity index (χ0v) is 11.1. The van der Waals surface area contributed by atoms with Crippen LogP contribution in [0, 0.1) is 11.6 Å². The lowest BCUT2D eigenvalue weighted by Gasteiger charge is -2.13. The molecule has 0 radical (unpaired) electrons. The Morgan fingerprint density at radius 3 is 2.61 bits per heavy atom. The fourth-order valence-corrected chi connectivity index (χ4v) is 2.50. The number of rotatable bonds is 6. The Morgan fingerprint density at radius 1 is 1.39 bits per heavy atom. The predicted octanol–water partition coefficient (Wildman–Crippen LogP) is 1.43. The standard InChI is InChI=1S/C12H17F2NO2S/c1-8(2)15-6-10(16)7-18(17)12-4-3-9(13)5-11(12)14/h3-5,8,10,15-16H,6-7H2,1-2H3. The van der Waals surface area contributed by atoms with Gasteiger partial charge in [-0.1, -0.05) is 13.8 Å². The Balaban J connectivity index is 2.59. The van der Waals surface area contributed by atoms with E-state index in [1.165, 1.54) is 0 Å². The molecular formula is C12H17F2NO2S. The quantitative estimate of drug-likeness (QED) is 0.827. The van der Waals surface area contributed by atoms with Gasteiger partial charge in [-0.25, -0.2) is 8.78 Å². The van der Waals surface area contributed by atoms with E-state index < -0.39 is 28.5 Å². The summed E-state index contributed by atoms with van der Waals surface area (Å²) in [4.78, 5) is -0.0833. The molecule has 2 N–H and O–H groups in total. The highest BCUT2D eigenvalue weighted by atomic mass is 32.2. The molecule has 102 valence electrons. The van der Waals surface area contributed by atoms with Gasteiger partial charge in [0.25, 0.3) is 0 Å². The van der Waals surface area contributed by atoms with Crippen LogP contribution in [-0.2, 0) is 10.8 Å². The van der Waals surface area contributed by atoms with E-state index in [1.54, 1.807) is 0 Å². The summed E-state index contributed by atoms with van der Waals surface area (Å²) in [7, 11) is -1.68. The number of aliphatic hydroxyl groups is 1. The predicted molar refractivity (Wildman–Crippen MR) is 66.8 cm³/mol. The maximum atomic E-state index is 13.3. The number of hydrogen-bond donors (Lipinski definition) is 2. The van der Waals surface area contributed by atoms with Gasteiger partial charge in [-0.2, -0.15) is 0 Å². The molecule has 0 spiro atoms. The van der Waals surface area contributed by atoms with Crippen LogP contribution in [0.3, 0.4) is 0 Å². The van der Waals surface area contributed by atoms with Crippen molar-refractivity contribution in [1.29, 1.82) is 0 Å². The van der Waals surface area contributed by atoms with Crippen molar-refractivity contribution in [2.75, 3.05) is 12.3 Å². The first-order valence-electron chi connectivity index (χ1n) is 5.65. The molecule has 0 aliphatic carbocycles. The van der Waals surface area contributed by atoms with Crippen LogP contribution < -0.4 is 5.32 Å². The van der Waals surface area contributed by atoms with Gasteiger partial charge in [0.15, 0.2) is 0 Å². The summed E-state index contributed by atoms with van der Waals surface area (Å²) in [6.07, 6.45) is -0.835. The van der Waals surface area contributed by atoms with Gasteiger partial charge in [0.05, 0.1) is 27.6 Å². The Hall–Kier alpha value is -0.850. The zero-order valence-electron chi connectivity index (χ0n) is 10.3. The van der Waals surface area contributed by atoms with Crippen molar-refractivity contribution in [2.24, 2.45) is 0 Å². The summed E-state index contributed by atoms with van der Waals surface area (Å²) in [5.41, 5.74) is 0. The summed E-state index contributed by atoms with van der Waals surface area (Å²) >= 11 is 0. The smallest absolute Gasteiger partial charge is 0.142 e. The van der Waals surface area contributed by atoms with E-state index in [0.717, 1.165) is 12.1 Å². The molecule has 1 aromatic carbocycles. The van der Waals surface area contributed by atoms with Crippen LogP contribution in [0.25, 0.3) is 0 Å². The van der Waals surface area contributed by atoms with E-state index in [-0.39, 0.29) is 23.2 Å². The highest BCUT2D eigenvalue weighted by molar-refractivity contribution is 7.85. The second-order valence-corrected chi connectivity index (χ2v) is 5.77. The average molecular weight is 277 g/mol. The average Bonchev–Trinajstić information content (AvgIpc) is 2.26. The molecule has 0 saturated heterocycles. The molecule has 1 rings (SSSR count). The van der Waals surface area contributed by atoms with Crippen LogP contribution >= 0.6 is 0 Å². The summed E-state index contributed by atoms with van der Waals surface area (Å²) in [5.74, 6) is -1.64. The maximum Gasteiger partial charge on any atom is 0.142 e. The third-order valence-corrected chi connectivity index (χ3v) is 3.75. The molecule has 0 bridgehead atoms. The Morgan fingerprint density at radius 2 is 2.06 bits per heavy atom. The van der Waals surface area contributed by atoms with Crippen molar-refractivity contribution >= 4 is 10.8 Å². The minimum Gasteiger partial charge on any atom is -0.391 e. The molecule has 2 unspecified atom stereocenters. The van der Waals surface area contributed by atoms with E-state index >= 15 is 0 Å². The Labute approximate surface area is 108 Å².